The van der Waals surface area contributed by atoms with Gasteiger partial charge in [-0.1, -0.05) is 41.5 Å². The number of nitrogens with one attached hydrogen (secondary N) is 1. The molecule has 0 bridgehead atoms. The number of anilines is 2. The normalized spacial score (nSPS) is 10.5. The molecule has 0 aliphatic heterocycles. The summed E-state index contributed by atoms with van der Waals surface area (Å²) in [6.45, 7) is 1.77. The zero-order chi connectivity index (χ0) is 15.7. The summed E-state index contributed by atoms with van der Waals surface area (Å²) in [6, 6.07) is 5.95. The fourth-order valence-electron chi connectivity index (χ4n) is 1.74. The molecule has 2 aromatic rings. The standard InChI is InChI=1S/C14H10Cl2F2N2S/c1-6-2-4-8(15)13(10(6)16)20-9-5-3-7(14(19)21)11(17)12(9)18/h2-5,20H,1H3,(H2,19,21). The molecular formula is C14H10Cl2F2N2S. The molecule has 0 aliphatic carbocycles. The first-order valence-electron chi connectivity index (χ1n) is 5.82. The van der Waals surface area contributed by atoms with E-state index in [1.165, 1.54) is 12.1 Å². The Balaban J connectivity index is 2.49. The van der Waals surface area contributed by atoms with E-state index in [1.54, 1.807) is 19.1 Å². The van der Waals surface area contributed by atoms with Crippen LogP contribution >= 0.6 is 35.4 Å². The number of hydrogen-bond acceptors (Lipinski definition) is 2. The van der Waals surface area contributed by atoms with Crippen molar-refractivity contribution in [1.82, 2.24) is 0 Å². The van der Waals surface area contributed by atoms with Crippen LogP contribution in [0.4, 0.5) is 20.2 Å². The zero-order valence-corrected chi connectivity index (χ0v) is 13.1. The number of hydrogen-bond donors (Lipinski definition) is 2. The Morgan fingerprint density at radius 2 is 1.81 bits per heavy atom. The molecule has 0 amide bonds. The molecule has 2 nitrogen and oxygen atoms in total. The molecule has 0 fully saturated rings. The second-order valence-electron chi connectivity index (χ2n) is 4.33. The highest BCUT2D eigenvalue weighted by Crippen LogP contribution is 2.36. The molecule has 0 saturated heterocycles. The van der Waals surface area contributed by atoms with Crippen molar-refractivity contribution in [2.45, 2.75) is 6.92 Å². The van der Waals surface area contributed by atoms with Gasteiger partial charge in [0.15, 0.2) is 11.6 Å². The molecule has 0 aliphatic rings. The Morgan fingerprint density at radius 3 is 2.43 bits per heavy atom. The first kappa shape index (κ1) is 15.9. The minimum absolute atomic E-state index is 0.109. The lowest BCUT2D eigenvalue weighted by molar-refractivity contribution is 0.510. The first-order chi connectivity index (χ1) is 9.82. The predicted octanol–water partition coefficient (Wildman–Crippen LogP) is 4.96. The minimum atomic E-state index is -1.12. The molecule has 0 saturated carbocycles. The molecule has 0 heterocycles. The van der Waals surface area contributed by atoms with Gasteiger partial charge in [-0.2, -0.15) is 0 Å². The van der Waals surface area contributed by atoms with Crippen molar-refractivity contribution in [1.29, 1.82) is 0 Å². The summed E-state index contributed by atoms with van der Waals surface area (Å²) in [5.74, 6) is -2.22. The van der Waals surface area contributed by atoms with Crippen LogP contribution in [0.1, 0.15) is 11.1 Å². The van der Waals surface area contributed by atoms with E-state index >= 15 is 0 Å². The summed E-state index contributed by atoms with van der Waals surface area (Å²) >= 11 is 16.8. The van der Waals surface area contributed by atoms with Crippen molar-refractivity contribution in [2.75, 3.05) is 5.32 Å². The lowest BCUT2D eigenvalue weighted by Gasteiger charge is -2.14. The summed E-state index contributed by atoms with van der Waals surface area (Å²) in [7, 11) is 0. The van der Waals surface area contributed by atoms with E-state index in [-0.39, 0.29) is 16.2 Å². The van der Waals surface area contributed by atoms with Gasteiger partial charge in [0, 0.05) is 5.56 Å². The molecular weight excluding hydrogens is 337 g/mol. The second kappa shape index (κ2) is 6.13. The number of rotatable bonds is 3. The van der Waals surface area contributed by atoms with E-state index in [1.807, 2.05) is 0 Å². The Kier molecular flexibility index (Phi) is 4.66. The highest BCUT2D eigenvalue weighted by atomic mass is 35.5. The number of benzene rings is 2. The maximum atomic E-state index is 14.0. The molecule has 21 heavy (non-hydrogen) atoms. The Labute approximate surface area is 135 Å². The van der Waals surface area contributed by atoms with E-state index in [4.69, 9.17) is 28.9 Å². The van der Waals surface area contributed by atoms with Gasteiger partial charge in [0.2, 0.25) is 0 Å². The quantitative estimate of drug-likeness (QED) is 0.771. The second-order valence-corrected chi connectivity index (χ2v) is 5.56. The number of aryl methyl sites for hydroxylation is 1. The van der Waals surface area contributed by atoms with Crippen LogP contribution < -0.4 is 11.1 Å². The molecule has 0 unspecified atom stereocenters. The summed E-state index contributed by atoms with van der Waals surface area (Å²) in [4.78, 5) is -0.218. The molecule has 3 N–H and O–H groups in total. The maximum Gasteiger partial charge on any atom is 0.182 e. The molecule has 2 aromatic carbocycles. The lowest BCUT2D eigenvalue weighted by Crippen LogP contribution is -2.13. The van der Waals surface area contributed by atoms with Crippen molar-refractivity contribution in [2.24, 2.45) is 5.73 Å². The van der Waals surface area contributed by atoms with Crippen molar-refractivity contribution in [3.05, 3.63) is 57.1 Å². The van der Waals surface area contributed by atoms with Crippen LogP contribution in [0.5, 0.6) is 0 Å². The average Bonchev–Trinajstić information content (AvgIpc) is 2.43. The lowest BCUT2D eigenvalue weighted by atomic mass is 10.1. The third-order valence-electron chi connectivity index (χ3n) is 2.89. The predicted molar refractivity (Wildman–Crippen MR) is 86.7 cm³/mol. The molecule has 110 valence electrons. The Morgan fingerprint density at radius 1 is 1.14 bits per heavy atom. The smallest absolute Gasteiger partial charge is 0.182 e. The summed E-state index contributed by atoms with van der Waals surface area (Å²) in [6.07, 6.45) is 0. The van der Waals surface area contributed by atoms with Gasteiger partial charge >= 0.3 is 0 Å². The highest BCUT2D eigenvalue weighted by molar-refractivity contribution is 7.80. The van der Waals surface area contributed by atoms with E-state index in [9.17, 15) is 8.78 Å². The summed E-state index contributed by atoms with van der Waals surface area (Å²) in [5, 5.41) is 3.32. The topological polar surface area (TPSA) is 38.0 Å². The molecule has 0 aromatic heterocycles. The van der Waals surface area contributed by atoms with Gasteiger partial charge in [-0.05, 0) is 30.7 Å². The summed E-state index contributed by atoms with van der Waals surface area (Å²) in [5.41, 5.74) is 6.11. The van der Waals surface area contributed by atoms with Gasteiger partial charge in [0.25, 0.3) is 0 Å². The number of nitrogens with two attached hydrogens (primary N) is 1. The SMILES string of the molecule is Cc1ccc(Cl)c(Nc2ccc(C(N)=S)c(F)c2F)c1Cl. The maximum absolute atomic E-state index is 14.0. The fraction of sp³-hybridized carbons (Fsp3) is 0.0714. The molecule has 2 rings (SSSR count). The zero-order valence-electron chi connectivity index (χ0n) is 10.8. The highest BCUT2D eigenvalue weighted by Gasteiger charge is 2.17. The van der Waals surface area contributed by atoms with Crippen LogP contribution in [0, 0.1) is 18.6 Å². The van der Waals surface area contributed by atoms with Crippen molar-refractivity contribution in [3.63, 3.8) is 0 Å². The van der Waals surface area contributed by atoms with Crippen LogP contribution in [0.25, 0.3) is 0 Å². The van der Waals surface area contributed by atoms with Crippen molar-refractivity contribution >= 4 is 51.8 Å². The van der Waals surface area contributed by atoms with Crippen LogP contribution in [-0.4, -0.2) is 4.99 Å². The van der Waals surface area contributed by atoms with Gasteiger partial charge in [-0.25, -0.2) is 8.78 Å². The van der Waals surface area contributed by atoms with E-state index in [0.717, 1.165) is 5.56 Å². The molecule has 0 radical (unpaired) electrons. The summed E-state index contributed by atoms with van der Waals surface area (Å²) < 4.78 is 27.9. The van der Waals surface area contributed by atoms with Crippen molar-refractivity contribution in [3.8, 4) is 0 Å². The average molecular weight is 347 g/mol. The van der Waals surface area contributed by atoms with E-state index in [2.05, 4.69) is 17.5 Å². The Hall–Kier alpha value is -1.43. The first-order valence-corrected chi connectivity index (χ1v) is 6.98. The molecule has 0 spiro atoms. The molecule has 0 atom stereocenters. The van der Waals surface area contributed by atoms with Crippen LogP contribution in [-0.2, 0) is 0 Å². The van der Waals surface area contributed by atoms with Crippen LogP contribution in [0.15, 0.2) is 24.3 Å². The van der Waals surface area contributed by atoms with Gasteiger partial charge in [0.05, 0.1) is 21.4 Å². The van der Waals surface area contributed by atoms with E-state index < -0.39 is 11.6 Å². The molecule has 7 heteroatoms. The van der Waals surface area contributed by atoms with Gasteiger partial charge < -0.3 is 11.1 Å². The van der Waals surface area contributed by atoms with Gasteiger partial charge in [-0.3, -0.25) is 0 Å². The van der Waals surface area contributed by atoms with E-state index in [0.29, 0.717) is 15.7 Å². The number of thiocarbonyl (C=S) groups is 1. The third kappa shape index (κ3) is 3.10. The van der Waals surface area contributed by atoms with Gasteiger partial charge in [-0.15, -0.1) is 0 Å². The third-order valence-corrected chi connectivity index (χ3v) is 3.91. The largest absolute Gasteiger partial charge is 0.389 e. The Bertz CT molecular complexity index is 735. The van der Waals surface area contributed by atoms with Gasteiger partial charge in [0.1, 0.15) is 4.99 Å². The minimum Gasteiger partial charge on any atom is -0.389 e. The van der Waals surface area contributed by atoms with Crippen LogP contribution in [0.2, 0.25) is 10.0 Å². The fourth-order valence-corrected chi connectivity index (χ4v) is 2.37. The number of halogens is 4. The van der Waals surface area contributed by atoms with Crippen molar-refractivity contribution < 1.29 is 8.78 Å². The monoisotopic (exact) mass is 346 g/mol. The van der Waals surface area contributed by atoms with Crippen LogP contribution in [0.3, 0.4) is 0 Å².